The number of nitrogens with zero attached hydrogens (tertiary/aromatic N) is 1. The van der Waals surface area contributed by atoms with Crippen molar-refractivity contribution in [1.29, 1.82) is 0 Å². The summed E-state index contributed by atoms with van der Waals surface area (Å²) in [6, 6.07) is 12.1. The highest BCUT2D eigenvalue weighted by molar-refractivity contribution is 7.14. The molecule has 0 aliphatic carbocycles. The van der Waals surface area contributed by atoms with Crippen molar-refractivity contribution in [2.24, 2.45) is 0 Å². The first-order valence-electron chi connectivity index (χ1n) is 7.40. The summed E-state index contributed by atoms with van der Waals surface area (Å²) in [5.41, 5.74) is 0.773. The fourth-order valence-corrected chi connectivity index (χ4v) is 2.81. The normalized spacial score (nSPS) is 10.2. The van der Waals surface area contributed by atoms with Gasteiger partial charge in [0, 0.05) is 17.3 Å². The Morgan fingerprint density at radius 2 is 1.88 bits per heavy atom. The van der Waals surface area contributed by atoms with E-state index in [1.165, 1.54) is 23.6 Å². The maximum absolute atomic E-state index is 12.1. The van der Waals surface area contributed by atoms with Crippen molar-refractivity contribution in [2.75, 3.05) is 10.6 Å². The molecule has 0 spiro atoms. The first-order valence-corrected chi connectivity index (χ1v) is 8.28. The smallest absolute Gasteiger partial charge is 0.263 e. The Morgan fingerprint density at radius 3 is 2.64 bits per heavy atom. The number of carbonyl (C=O) groups is 2. The number of hydrogen-bond acceptors (Lipinski definition) is 5. The van der Waals surface area contributed by atoms with Crippen molar-refractivity contribution in [3.63, 3.8) is 0 Å². The van der Waals surface area contributed by atoms with Gasteiger partial charge in [0.2, 0.25) is 5.91 Å². The van der Waals surface area contributed by atoms with E-state index < -0.39 is 11.5 Å². The van der Waals surface area contributed by atoms with E-state index in [2.05, 4.69) is 20.6 Å². The van der Waals surface area contributed by atoms with E-state index in [9.17, 15) is 14.4 Å². The number of carbonyl (C=O) groups excluding carboxylic acids is 2. The average molecular weight is 354 g/mol. The zero-order valence-corrected chi connectivity index (χ0v) is 13.8. The van der Waals surface area contributed by atoms with Gasteiger partial charge in [0.1, 0.15) is 5.56 Å². The Morgan fingerprint density at radius 1 is 1.08 bits per heavy atom. The molecule has 2 heterocycles. The van der Waals surface area contributed by atoms with E-state index >= 15 is 0 Å². The zero-order valence-electron chi connectivity index (χ0n) is 13.0. The average Bonchev–Trinajstić information content (AvgIpc) is 3.02. The van der Waals surface area contributed by atoms with Crippen molar-refractivity contribution in [1.82, 2.24) is 9.97 Å². The van der Waals surface area contributed by atoms with Crippen LogP contribution in [0.15, 0.2) is 58.8 Å². The standard InChI is InChI=1S/C17H14N4O3S/c22-14(19-11-5-2-1-3-6-11)9-12-10-25-17(20-12)21-16(24)13-7-4-8-18-15(13)23/h1-8,10H,9H2,(H,18,23)(H,19,22)(H,20,21,24). The van der Waals surface area contributed by atoms with Gasteiger partial charge in [-0.25, -0.2) is 4.98 Å². The van der Waals surface area contributed by atoms with Crippen LogP contribution >= 0.6 is 11.3 Å². The summed E-state index contributed by atoms with van der Waals surface area (Å²) in [6.07, 6.45) is 1.54. The molecule has 0 bridgehead atoms. The lowest BCUT2D eigenvalue weighted by atomic mass is 10.2. The summed E-state index contributed by atoms with van der Waals surface area (Å²) in [4.78, 5) is 42.3. The summed E-state index contributed by atoms with van der Waals surface area (Å²) in [5.74, 6) is -0.745. The molecule has 0 fully saturated rings. The maximum Gasteiger partial charge on any atom is 0.263 e. The number of H-pyrrole nitrogens is 1. The van der Waals surface area contributed by atoms with Gasteiger partial charge >= 0.3 is 0 Å². The fraction of sp³-hybridized carbons (Fsp3) is 0.0588. The maximum atomic E-state index is 12.1. The van der Waals surface area contributed by atoms with Gasteiger partial charge in [-0.3, -0.25) is 19.7 Å². The van der Waals surface area contributed by atoms with Crippen LogP contribution < -0.4 is 16.2 Å². The van der Waals surface area contributed by atoms with Crippen LogP contribution in [0.5, 0.6) is 0 Å². The van der Waals surface area contributed by atoms with Gasteiger partial charge in [-0.05, 0) is 24.3 Å². The van der Waals surface area contributed by atoms with Gasteiger partial charge in [-0.1, -0.05) is 18.2 Å². The van der Waals surface area contributed by atoms with Crippen LogP contribution in [-0.2, 0) is 11.2 Å². The largest absolute Gasteiger partial charge is 0.328 e. The molecule has 3 rings (SSSR count). The highest BCUT2D eigenvalue weighted by atomic mass is 32.1. The predicted molar refractivity (Wildman–Crippen MR) is 95.9 cm³/mol. The summed E-state index contributed by atoms with van der Waals surface area (Å²) in [7, 11) is 0. The minimum absolute atomic E-state index is 0.000991. The van der Waals surface area contributed by atoms with Gasteiger partial charge < -0.3 is 10.3 Å². The Kier molecular flexibility index (Phi) is 5.00. The molecule has 7 nitrogen and oxygen atoms in total. The molecule has 25 heavy (non-hydrogen) atoms. The molecule has 3 aromatic rings. The third-order valence-corrected chi connectivity index (χ3v) is 4.04. The van der Waals surface area contributed by atoms with E-state index in [1.54, 1.807) is 23.6 Å². The summed E-state index contributed by atoms with van der Waals surface area (Å²) in [5, 5.41) is 7.35. The Balaban J connectivity index is 1.61. The number of thiazole rings is 1. The second kappa shape index (κ2) is 7.54. The molecule has 0 radical (unpaired) electrons. The number of aromatic amines is 1. The number of nitrogens with one attached hydrogen (secondary N) is 3. The zero-order chi connectivity index (χ0) is 17.6. The minimum atomic E-state index is -0.545. The first-order chi connectivity index (χ1) is 12.1. The minimum Gasteiger partial charge on any atom is -0.328 e. The Hall–Kier alpha value is -3.26. The van der Waals surface area contributed by atoms with Crippen LogP contribution in [0, 0.1) is 0 Å². The molecule has 8 heteroatoms. The van der Waals surface area contributed by atoms with E-state index in [1.807, 2.05) is 18.2 Å². The molecule has 0 saturated carbocycles. The lowest BCUT2D eigenvalue weighted by Gasteiger charge is -2.03. The van der Waals surface area contributed by atoms with Gasteiger partial charge in [-0.15, -0.1) is 11.3 Å². The third kappa shape index (κ3) is 4.39. The van der Waals surface area contributed by atoms with Crippen LogP contribution in [0.2, 0.25) is 0 Å². The third-order valence-electron chi connectivity index (χ3n) is 3.23. The molecule has 0 saturated heterocycles. The number of benzene rings is 1. The van der Waals surface area contributed by atoms with Crippen LogP contribution in [0.25, 0.3) is 0 Å². The number of para-hydroxylation sites is 1. The van der Waals surface area contributed by atoms with E-state index in [0.29, 0.717) is 16.5 Å². The second-order valence-electron chi connectivity index (χ2n) is 5.10. The number of aromatic nitrogens is 2. The molecule has 0 aliphatic rings. The van der Waals surface area contributed by atoms with Gasteiger partial charge in [-0.2, -0.15) is 0 Å². The number of amides is 2. The predicted octanol–water partition coefficient (Wildman–Crippen LogP) is 2.26. The van der Waals surface area contributed by atoms with Crippen molar-refractivity contribution in [3.8, 4) is 0 Å². The molecule has 0 aliphatic heterocycles. The first kappa shape index (κ1) is 16.6. The quantitative estimate of drug-likeness (QED) is 0.654. The van der Waals surface area contributed by atoms with E-state index in [0.717, 1.165) is 0 Å². The van der Waals surface area contributed by atoms with Crippen LogP contribution in [0.1, 0.15) is 16.1 Å². The summed E-state index contributed by atoms with van der Waals surface area (Å²) < 4.78 is 0. The number of anilines is 2. The molecule has 0 atom stereocenters. The van der Waals surface area contributed by atoms with Crippen molar-refractivity contribution in [3.05, 3.63) is 75.7 Å². The van der Waals surface area contributed by atoms with Gasteiger partial charge in [0.25, 0.3) is 11.5 Å². The Bertz CT molecular complexity index is 950. The summed E-state index contributed by atoms with van der Waals surface area (Å²) >= 11 is 1.19. The van der Waals surface area contributed by atoms with Crippen LogP contribution in [0.4, 0.5) is 10.8 Å². The molecule has 126 valence electrons. The Labute approximate surface area is 146 Å². The number of hydrogen-bond donors (Lipinski definition) is 3. The molecule has 2 amide bonds. The molecule has 0 unspecified atom stereocenters. The lowest BCUT2D eigenvalue weighted by Crippen LogP contribution is -2.22. The molecule has 2 aromatic heterocycles. The van der Waals surface area contributed by atoms with E-state index in [-0.39, 0.29) is 17.9 Å². The number of pyridine rings is 1. The van der Waals surface area contributed by atoms with Crippen LogP contribution in [-0.4, -0.2) is 21.8 Å². The highest BCUT2D eigenvalue weighted by Crippen LogP contribution is 2.17. The molecular weight excluding hydrogens is 340 g/mol. The van der Waals surface area contributed by atoms with Gasteiger partial charge in [0.15, 0.2) is 5.13 Å². The van der Waals surface area contributed by atoms with Gasteiger partial charge in [0.05, 0.1) is 12.1 Å². The monoisotopic (exact) mass is 354 g/mol. The van der Waals surface area contributed by atoms with Crippen molar-refractivity contribution < 1.29 is 9.59 Å². The molecular formula is C17H14N4O3S. The lowest BCUT2D eigenvalue weighted by molar-refractivity contribution is -0.115. The summed E-state index contributed by atoms with van der Waals surface area (Å²) in [6.45, 7) is 0. The fourth-order valence-electron chi connectivity index (χ4n) is 2.10. The van der Waals surface area contributed by atoms with Crippen molar-refractivity contribution in [2.45, 2.75) is 6.42 Å². The van der Waals surface area contributed by atoms with E-state index in [4.69, 9.17) is 0 Å². The topological polar surface area (TPSA) is 104 Å². The van der Waals surface area contributed by atoms with Crippen LogP contribution in [0.3, 0.4) is 0 Å². The van der Waals surface area contributed by atoms with Crippen molar-refractivity contribution >= 4 is 34.0 Å². The highest BCUT2D eigenvalue weighted by Gasteiger charge is 2.13. The number of rotatable bonds is 5. The SMILES string of the molecule is O=C(Cc1csc(NC(=O)c2ccc[nH]c2=O)n1)Nc1ccccc1. The molecule has 1 aromatic carbocycles. The second-order valence-corrected chi connectivity index (χ2v) is 5.96. The molecule has 3 N–H and O–H groups in total.